The third-order valence-corrected chi connectivity index (χ3v) is 4.69. The van der Waals surface area contributed by atoms with Gasteiger partial charge in [-0.3, -0.25) is 19.9 Å². The second kappa shape index (κ2) is 6.50. The Bertz CT molecular complexity index is 867. The van der Waals surface area contributed by atoms with Gasteiger partial charge in [-0.25, -0.2) is 0 Å². The summed E-state index contributed by atoms with van der Waals surface area (Å²) in [4.78, 5) is 16.1. The van der Waals surface area contributed by atoms with Crippen LogP contribution in [-0.2, 0) is 6.54 Å². The van der Waals surface area contributed by atoms with Crippen molar-refractivity contribution in [2.75, 3.05) is 19.6 Å². The third-order valence-electron chi connectivity index (χ3n) is 4.69. The zero-order valence-corrected chi connectivity index (χ0v) is 14.7. The Balaban J connectivity index is 1.56. The molecule has 1 fully saturated rings. The molecule has 0 bridgehead atoms. The van der Waals surface area contributed by atoms with Crippen LogP contribution in [-0.4, -0.2) is 45.0 Å². The van der Waals surface area contributed by atoms with Gasteiger partial charge in [0.1, 0.15) is 0 Å². The van der Waals surface area contributed by atoms with Gasteiger partial charge in [0, 0.05) is 55.1 Å². The van der Waals surface area contributed by atoms with Crippen LogP contribution < -0.4 is 5.32 Å². The molecule has 0 unspecified atom stereocenters. The van der Waals surface area contributed by atoms with Gasteiger partial charge in [-0.1, -0.05) is 24.3 Å². The molecule has 2 aromatic heterocycles. The van der Waals surface area contributed by atoms with E-state index in [9.17, 15) is 0 Å². The average Bonchev–Trinajstić information content (AvgIpc) is 2.61. The molecule has 3 aromatic rings. The van der Waals surface area contributed by atoms with Crippen molar-refractivity contribution in [2.24, 2.45) is 0 Å². The molecule has 5 heteroatoms. The largest absolute Gasteiger partial charge is 0.309 e. The lowest BCUT2D eigenvalue weighted by atomic mass is 10.0. The van der Waals surface area contributed by atoms with Crippen LogP contribution in [0.2, 0.25) is 0 Å². The number of fused-ring (bicyclic) bond motifs is 1. The highest BCUT2D eigenvalue weighted by molar-refractivity contribution is 5.94. The highest BCUT2D eigenvalue weighted by atomic mass is 15.2. The van der Waals surface area contributed by atoms with Gasteiger partial charge in [-0.2, -0.15) is 0 Å². The maximum absolute atomic E-state index is 4.66. The lowest BCUT2D eigenvalue weighted by Gasteiger charge is -2.38. The number of benzene rings is 1. The fourth-order valence-corrected chi connectivity index (χ4v) is 3.51. The van der Waals surface area contributed by atoms with Gasteiger partial charge >= 0.3 is 0 Å². The first-order valence-electron chi connectivity index (χ1n) is 8.72. The highest BCUT2D eigenvalue weighted by Gasteiger charge is 2.25. The van der Waals surface area contributed by atoms with Crippen molar-refractivity contribution in [1.29, 1.82) is 0 Å². The van der Waals surface area contributed by atoms with Gasteiger partial charge in [0.2, 0.25) is 0 Å². The average molecular weight is 333 g/mol. The zero-order valence-electron chi connectivity index (χ0n) is 14.7. The number of nitrogens with zero attached hydrogens (tertiary/aromatic N) is 4. The maximum Gasteiger partial charge on any atom is 0.0907 e. The second-order valence-electron chi connectivity index (χ2n) is 7.32. The van der Waals surface area contributed by atoms with Crippen molar-refractivity contribution in [3.8, 4) is 11.3 Å². The molecule has 0 atom stereocenters. The quantitative estimate of drug-likeness (QED) is 0.799. The molecule has 1 aromatic carbocycles. The van der Waals surface area contributed by atoms with Crippen molar-refractivity contribution in [3.05, 3.63) is 54.7 Å². The first-order chi connectivity index (χ1) is 12.1. The number of aromatic nitrogens is 3. The molecule has 1 aliphatic heterocycles. The van der Waals surface area contributed by atoms with E-state index in [0.717, 1.165) is 53.9 Å². The van der Waals surface area contributed by atoms with Crippen LogP contribution in [0.4, 0.5) is 0 Å². The Hall–Kier alpha value is -2.37. The van der Waals surface area contributed by atoms with E-state index in [2.05, 4.69) is 51.1 Å². The Morgan fingerprint density at radius 2 is 1.96 bits per heavy atom. The molecular weight excluding hydrogens is 310 g/mol. The lowest BCUT2D eigenvalue weighted by Crippen LogP contribution is -2.56. The van der Waals surface area contributed by atoms with Gasteiger partial charge in [-0.15, -0.1) is 0 Å². The highest BCUT2D eigenvalue weighted by Crippen LogP contribution is 2.25. The summed E-state index contributed by atoms with van der Waals surface area (Å²) in [5, 5.41) is 5.81. The van der Waals surface area contributed by atoms with Gasteiger partial charge in [-0.05, 0) is 19.2 Å². The molecule has 25 heavy (non-hydrogen) atoms. The molecule has 4 rings (SSSR count). The maximum atomic E-state index is 4.66. The van der Waals surface area contributed by atoms with Crippen molar-refractivity contribution in [1.82, 2.24) is 25.2 Å². The summed E-state index contributed by atoms with van der Waals surface area (Å²) in [6.07, 6.45) is 7.51. The number of pyridine rings is 1. The monoisotopic (exact) mass is 333 g/mol. The second-order valence-corrected chi connectivity index (χ2v) is 7.32. The van der Waals surface area contributed by atoms with E-state index in [1.54, 1.807) is 0 Å². The van der Waals surface area contributed by atoms with E-state index in [-0.39, 0.29) is 5.54 Å². The Kier molecular flexibility index (Phi) is 4.19. The van der Waals surface area contributed by atoms with Gasteiger partial charge in [0.15, 0.2) is 0 Å². The summed E-state index contributed by atoms with van der Waals surface area (Å²) in [5.74, 6) is 0. The van der Waals surface area contributed by atoms with Crippen molar-refractivity contribution >= 4 is 10.8 Å². The van der Waals surface area contributed by atoms with E-state index in [4.69, 9.17) is 0 Å². The van der Waals surface area contributed by atoms with Crippen molar-refractivity contribution in [3.63, 3.8) is 0 Å². The lowest BCUT2D eigenvalue weighted by molar-refractivity contribution is 0.147. The normalized spacial score (nSPS) is 17.7. The molecule has 3 heterocycles. The molecule has 0 saturated carbocycles. The standard InChI is InChI=1S/C20H23N5/c1-20(2)14-25(8-7-24-20)13-16-10-23-19(12-22-16)18-11-21-9-15-5-3-4-6-17(15)18/h3-6,9-12,24H,7-8,13-14H2,1-2H3. The molecule has 0 spiro atoms. The summed E-state index contributed by atoms with van der Waals surface area (Å²) in [6, 6.07) is 8.24. The minimum Gasteiger partial charge on any atom is -0.309 e. The molecule has 1 aliphatic rings. The minimum atomic E-state index is 0.153. The van der Waals surface area contributed by atoms with Crippen molar-refractivity contribution < 1.29 is 0 Å². The number of rotatable bonds is 3. The predicted molar refractivity (Wildman–Crippen MR) is 100 cm³/mol. The zero-order chi connectivity index (χ0) is 17.3. The van der Waals surface area contributed by atoms with Crippen molar-refractivity contribution in [2.45, 2.75) is 25.9 Å². The van der Waals surface area contributed by atoms with E-state index < -0.39 is 0 Å². The van der Waals surface area contributed by atoms with E-state index >= 15 is 0 Å². The topological polar surface area (TPSA) is 53.9 Å². The fraction of sp³-hybridized carbons (Fsp3) is 0.350. The van der Waals surface area contributed by atoms with E-state index in [0.29, 0.717) is 0 Å². The summed E-state index contributed by atoms with van der Waals surface area (Å²) < 4.78 is 0. The molecule has 1 saturated heterocycles. The molecule has 0 aliphatic carbocycles. The van der Waals surface area contributed by atoms with Gasteiger partial charge < -0.3 is 5.32 Å². The van der Waals surface area contributed by atoms with Gasteiger partial charge in [0.05, 0.1) is 23.8 Å². The van der Waals surface area contributed by atoms with Crippen LogP contribution in [0.1, 0.15) is 19.5 Å². The molecular formula is C20H23N5. The molecule has 5 nitrogen and oxygen atoms in total. The Labute approximate surface area is 148 Å². The summed E-state index contributed by atoms with van der Waals surface area (Å²) in [6.45, 7) is 8.39. The number of nitrogens with one attached hydrogen (secondary N) is 1. The first kappa shape index (κ1) is 16.1. The van der Waals surface area contributed by atoms with Crippen LogP contribution in [0.15, 0.2) is 49.1 Å². The van der Waals surface area contributed by atoms with Crippen LogP contribution in [0.3, 0.4) is 0 Å². The SMILES string of the molecule is CC1(C)CN(Cc2cnc(-c3cncc4ccccc34)cn2)CCN1. The molecule has 0 radical (unpaired) electrons. The summed E-state index contributed by atoms with van der Waals surface area (Å²) in [7, 11) is 0. The fourth-order valence-electron chi connectivity index (χ4n) is 3.51. The van der Waals surface area contributed by atoms with Crippen LogP contribution >= 0.6 is 0 Å². The van der Waals surface area contributed by atoms with Gasteiger partial charge in [0.25, 0.3) is 0 Å². The van der Waals surface area contributed by atoms with Crippen LogP contribution in [0.5, 0.6) is 0 Å². The number of hydrogen-bond donors (Lipinski definition) is 1. The Morgan fingerprint density at radius 3 is 2.76 bits per heavy atom. The molecule has 128 valence electrons. The first-order valence-corrected chi connectivity index (χ1v) is 8.72. The summed E-state index contributed by atoms with van der Waals surface area (Å²) in [5.41, 5.74) is 3.06. The third kappa shape index (κ3) is 3.52. The predicted octanol–water partition coefficient (Wildman–Crippen LogP) is 2.88. The van der Waals surface area contributed by atoms with E-state index in [1.165, 1.54) is 0 Å². The van der Waals surface area contributed by atoms with Crippen LogP contribution in [0, 0.1) is 0 Å². The number of piperazine rings is 1. The number of hydrogen-bond acceptors (Lipinski definition) is 5. The molecule has 1 N–H and O–H groups in total. The summed E-state index contributed by atoms with van der Waals surface area (Å²) >= 11 is 0. The minimum absolute atomic E-state index is 0.153. The molecule has 0 amide bonds. The van der Waals surface area contributed by atoms with E-state index in [1.807, 2.05) is 36.9 Å². The van der Waals surface area contributed by atoms with Crippen LogP contribution in [0.25, 0.3) is 22.0 Å². The Morgan fingerprint density at radius 1 is 1.08 bits per heavy atom. The smallest absolute Gasteiger partial charge is 0.0907 e.